The van der Waals surface area contributed by atoms with Gasteiger partial charge in [-0.3, -0.25) is 4.99 Å². The quantitative estimate of drug-likeness (QED) is 0.551. The van der Waals surface area contributed by atoms with Crippen molar-refractivity contribution in [1.29, 1.82) is 0 Å². The van der Waals surface area contributed by atoms with Gasteiger partial charge in [0, 0.05) is 56.5 Å². The third-order valence-electron chi connectivity index (χ3n) is 4.60. The van der Waals surface area contributed by atoms with Crippen LogP contribution in [0, 0.1) is 0 Å². The second-order valence-corrected chi connectivity index (χ2v) is 7.51. The number of nitrogens with zero attached hydrogens (tertiary/aromatic N) is 5. The summed E-state index contributed by atoms with van der Waals surface area (Å²) in [6, 6.07) is 0.0360. The first kappa shape index (κ1) is 18.0. The zero-order chi connectivity index (χ0) is 18.1. The van der Waals surface area contributed by atoms with Gasteiger partial charge in [-0.25, -0.2) is 9.78 Å². The molecule has 1 aromatic rings. The van der Waals surface area contributed by atoms with Crippen LogP contribution in [0.25, 0.3) is 0 Å². The summed E-state index contributed by atoms with van der Waals surface area (Å²) < 4.78 is 20.8. The Kier molecular flexibility index (Phi) is 5.16. The van der Waals surface area contributed by atoms with Gasteiger partial charge in [-0.05, 0) is 6.92 Å². The second-order valence-electron chi connectivity index (χ2n) is 6.09. The molecule has 0 spiro atoms. The molecule has 0 N–H and O–H groups in total. The lowest BCUT2D eigenvalue weighted by atomic mass is 10.1. The number of fused-ring (bicyclic) bond motifs is 1. The molecule has 1 fully saturated rings. The number of imidazole rings is 1. The van der Waals surface area contributed by atoms with E-state index in [0.29, 0.717) is 25.1 Å². The van der Waals surface area contributed by atoms with Crippen LogP contribution in [0.5, 0.6) is 0 Å². The minimum atomic E-state index is -1.08. The number of hydrogen-bond acceptors (Lipinski definition) is 7. The van der Waals surface area contributed by atoms with E-state index in [1.807, 2.05) is 34.1 Å². The van der Waals surface area contributed by atoms with Crippen LogP contribution in [0.4, 0.5) is 0 Å². The molecule has 2 unspecified atom stereocenters. The van der Waals surface area contributed by atoms with E-state index in [0.717, 1.165) is 17.4 Å². The normalized spacial score (nSPS) is 21.4. The average Bonchev–Trinajstić information content (AvgIpc) is 3.19. The first-order valence-electron chi connectivity index (χ1n) is 8.19. The largest absolute Gasteiger partial charge is 0.598 e. The standard InChI is InChI=1S/C16H23N5O3S/c1-5-24-16(22)12-9-18-15(14-17-6-7-19(14)2)21-10-11(8-13(12)21)20(3)25(4)23/h6-7,11H,5,8-10H2,1-4H3. The zero-order valence-electron chi connectivity index (χ0n) is 14.9. The molecule has 9 heteroatoms. The Labute approximate surface area is 150 Å². The smallest absolute Gasteiger partial charge is 0.337 e. The average molecular weight is 365 g/mol. The lowest BCUT2D eigenvalue weighted by molar-refractivity contribution is -0.138. The third-order valence-corrected chi connectivity index (χ3v) is 5.71. The number of rotatable bonds is 5. The van der Waals surface area contributed by atoms with E-state index in [1.54, 1.807) is 19.4 Å². The number of carbonyl (C=O) groups excluding carboxylic acids is 1. The molecule has 0 radical (unpaired) electrons. The van der Waals surface area contributed by atoms with Gasteiger partial charge >= 0.3 is 5.97 Å². The van der Waals surface area contributed by atoms with Crippen molar-refractivity contribution in [2.45, 2.75) is 19.4 Å². The molecular weight excluding hydrogens is 342 g/mol. The number of hydrogen-bond donors (Lipinski definition) is 0. The van der Waals surface area contributed by atoms with Crippen LogP contribution in [-0.4, -0.2) is 74.2 Å². The Morgan fingerprint density at radius 1 is 1.56 bits per heavy atom. The van der Waals surface area contributed by atoms with Crippen LogP contribution in [0.2, 0.25) is 0 Å². The van der Waals surface area contributed by atoms with Crippen LogP contribution >= 0.6 is 0 Å². The molecule has 2 aliphatic heterocycles. The molecule has 1 aromatic heterocycles. The first-order valence-corrected chi connectivity index (χ1v) is 9.70. The summed E-state index contributed by atoms with van der Waals surface area (Å²) in [6.45, 7) is 3.00. The molecule has 0 amide bonds. The highest BCUT2D eigenvalue weighted by Gasteiger charge is 2.41. The highest BCUT2D eigenvalue weighted by atomic mass is 32.2. The molecule has 2 aliphatic rings. The van der Waals surface area contributed by atoms with E-state index in [1.165, 1.54) is 0 Å². The van der Waals surface area contributed by atoms with E-state index < -0.39 is 11.4 Å². The predicted molar refractivity (Wildman–Crippen MR) is 95.2 cm³/mol. The van der Waals surface area contributed by atoms with Gasteiger partial charge in [0.25, 0.3) is 0 Å². The van der Waals surface area contributed by atoms with Crippen LogP contribution in [0.15, 0.2) is 28.7 Å². The van der Waals surface area contributed by atoms with Crippen molar-refractivity contribution in [3.05, 3.63) is 29.5 Å². The maximum Gasteiger partial charge on any atom is 0.337 e. The number of aromatic nitrogens is 2. The van der Waals surface area contributed by atoms with Crippen molar-refractivity contribution >= 4 is 23.2 Å². The molecule has 136 valence electrons. The molecule has 8 nitrogen and oxygen atoms in total. The van der Waals surface area contributed by atoms with Crippen LogP contribution in [-0.2, 0) is 27.9 Å². The van der Waals surface area contributed by atoms with Crippen molar-refractivity contribution in [3.8, 4) is 0 Å². The molecule has 0 saturated carbocycles. The van der Waals surface area contributed by atoms with Crippen molar-refractivity contribution in [3.63, 3.8) is 0 Å². The Balaban J connectivity index is 1.97. The monoisotopic (exact) mass is 365 g/mol. The molecule has 1 saturated heterocycles. The van der Waals surface area contributed by atoms with Gasteiger partial charge in [-0.15, -0.1) is 4.31 Å². The summed E-state index contributed by atoms with van der Waals surface area (Å²) in [7, 11) is 3.75. The lowest BCUT2D eigenvalue weighted by Gasteiger charge is -2.28. The summed E-state index contributed by atoms with van der Waals surface area (Å²) in [5, 5.41) is 0. The third kappa shape index (κ3) is 3.31. The van der Waals surface area contributed by atoms with E-state index in [4.69, 9.17) is 4.74 Å². The number of aryl methyl sites for hydroxylation is 1. The summed E-state index contributed by atoms with van der Waals surface area (Å²) in [4.78, 5) is 23.4. The SMILES string of the molecule is CCOC(=O)C1=C2CC(N(C)[S+](C)[O-])CN2C(c2nccn2C)=NC1. The van der Waals surface area contributed by atoms with Crippen LogP contribution < -0.4 is 0 Å². The van der Waals surface area contributed by atoms with Gasteiger partial charge in [-0.2, -0.15) is 0 Å². The molecule has 3 rings (SSSR count). The molecule has 0 bridgehead atoms. The van der Waals surface area contributed by atoms with Gasteiger partial charge in [0.15, 0.2) is 11.7 Å². The van der Waals surface area contributed by atoms with Gasteiger partial charge < -0.3 is 18.8 Å². The molecular formula is C16H23N5O3S. The number of aliphatic imine (C=N–C) groups is 1. The van der Waals surface area contributed by atoms with Crippen molar-refractivity contribution in [1.82, 2.24) is 18.8 Å². The molecule has 2 atom stereocenters. The molecule has 25 heavy (non-hydrogen) atoms. The van der Waals surface area contributed by atoms with E-state index in [9.17, 15) is 9.35 Å². The predicted octanol–water partition coefficient (Wildman–Crippen LogP) is 0.297. The zero-order valence-corrected chi connectivity index (χ0v) is 15.7. The topological polar surface area (TPSA) is 86.0 Å². The molecule has 0 aliphatic carbocycles. The van der Waals surface area contributed by atoms with Gasteiger partial charge in [0.1, 0.15) is 6.26 Å². The van der Waals surface area contributed by atoms with Crippen molar-refractivity contribution in [2.75, 3.05) is 33.0 Å². The number of ether oxygens (including phenoxy) is 1. The van der Waals surface area contributed by atoms with E-state index in [-0.39, 0.29) is 18.6 Å². The fourth-order valence-electron chi connectivity index (χ4n) is 3.18. The van der Waals surface area contributed by atoms with Crippen molar-refractivity contribution in [2.24, 2.45) is 12.0 Å². The molecule has 0 aromatic carbocycles. The number of likely N-dealkylation sites (N-methyl/N-ethyl adjacent to an activating group) is 1. The Bertz CT molecular complexity index is 727. The lowest BCUT2D eigenvalue weighted by Crippen LogP contribution is -2.40. The molecule has 3 heterocycles. The maximum absolute atomic E-state index is 12.3. The Morgan fingerprint density at radius 2 is 2.32 bits per heavy atom. The van der Waals surface area contributed by atoms with E-state index in [2.05, 4.69) is 9.98 Å². The fourth-order valence-corrected chi connectivity index (χ4v) is 3.74. The second kappa shape index (κ2) is 7.19. The van der Waals surface area contributed by atoms with Crippen molar-refractivity contribution < 1.29 is 14.1 Å². The fraction of sp³-hybridized carbons (Fsp3) is 0.562. The van der Waals surface area contributed by atoms with Gasteiger partial charge in [0.05, 0.1) is 24.8 Å². The Hall–Kier alpha value is -1.84. The van der Waals surface area contributed by atoms with Gasteiger partial charge in [0.2, 0.25) is 0 Å². The summed E-state index contributed by atoms with van der Waals surface area (Å²) in [5.41, 5.74) is 1.48. The van der Waals surface area contributed by atoms with Crippen LogP contribution in [0.3, 0.4) is 0 Å². The number of amidine groups is 1. The Morgan fingerprint density at radius 3 is 2.92 bits per heavy atom. The highest BCUT2D eigenvalue weighted by Crippen LogP contribution is 2.33. The minimum absolute atomic E-state index is 0.0360. The summed E-state index contributed by atoms with van der Waals surface area (Å²) >= 11 is -1.08. The summed E-state index contributed by atoms with van der Waals surface area (Å²) in [5.74, 6) is 1.17. The number of carbonyl (C=O) groups is 1. The van der Waals surface area contributed by atoms with E-state index >= 15 is 0 Å². The first-order chi connectivity index (χ1) is 11.9. The van der Waals surface area contributed by atoms with Gasteiger partial charge in [-0.1, -0.05) is 0 Å². The highest BCUT2D eigenvalue weighted by molar-refractivity contribution is 7.88. The maximum atomic E-state index is 12.3. The summed E-state index contributed by atoms with van der Waals surface area (Å²) in [6.07, 6.45) is 5.88. The van der Waals surface area contributed by atoms with Crippen LogP contribution in [0.1, 0.15) is 19.2 Å². The number of esters is 1. The minimum Gasteiger partial charge on any atom is -0.598 e.